The Balaban J connectivity index is 0.000000574. The molecular weight excluding hydrogens is 250 g/mol. The number of phenolic OH excluding ortho intramolecular Hbond substituents is 1. The highest BCUT2D eigenvalue weighted by Gasteiger charge is 2.18. The van der Waals surface area contributed by atoms with E-state index < -0.39 is 0 Å². The number of phenols is 1. The second-order valence-electron chi connectivity index (χ2n) is 3.98. The number of fused-ring (bicyclic) bond motifs is 3. The first kappa shape index (κ1) is 12.8. The van der Waals surface area contributed by atoms with Crippen LogP contribution in [0.5, 0.6) is 11.5 Å². The molecule has 0 aliphatic carbocycles. The minimum atomic E-state index is 0.307. The lowest BCUT2D eigenvalue weighted by molar-refractivity contribution is 0.419. The Labute approximate surface area is 111 Å². The van der Waals surface area contributed by atoms with E-state index in [9.17, 15) is 5.11 Å². The number of ether oxygens (including phenoxy) is 1. The molecule has 0 bridgehead atoms. The maximum Gasteiger partial charge on any atom is 0.127 e. The zero-order chi connectivity index (χ0) is 13.1. The summed E-state index contributed by atoms with van der Waals surface area (Å²) in [7, 11) is 1.66. The van der Waals surface area contributed by atoms with E-state index in [4.69, 9.17) is 4.74 Å². The van der Waals surface area contributed by atoms with Gasteiger partial charge in [0.15, 0.2) is 0 Å². The van der Waals surface area contributed by atoms with Crippen LogP contribution in [0.1, 0.15) is 5.56 Å². The van der Waals surface area contributed by atoms with Gasteiger partial charge in [-0.05, 0) is 18.1 Å². The smallest absolute Gasteiger partial charge is 0.127 e. The minimum Gasteiger partial charge on any atom is -0.507 e. The molecule has 3 rings (SSSR count). The summed E-state index contributed by atoms with van der Waals surface area (Å²) in [6.07, 6.45) is 2.45. The summed E-state index contributed by atoms with van der Waals surface area (Å²) < 4.78 is 5.37. The molecule has 0 saturated heterocycles. The number of aromatic hydroxyl groups is 1. The predicted octanol–water partition coefficient (Wildman–Crippen LogP) is 3.38. The molecule has 3 nitrogen and oxygen atoms in total. The van der Waals surface area contributed by atoms with Crippen LogP contribution in [0.2, 0.25) is 0 Å². The third-order valence-corrected chi connectivity index (χ3v) is 3.12. The molecule has 0 unspecified atom stereocenters. The molecule has 0 atom stereocenters. The van der Waals surface area contributed by atoms with Crippen molar-refractivity contribution in [3.8, 4) is 11.5 Å². The van der Waals surface area contributed by atoms with Crippen LogP contribution in [0.3, 0.4) is 0 Å². The summed E-state index contributed by atoms with van der Waals surface area (Å²) in [4.78, 5) is 0. The van der Waals surface area contributed by atoms with Crippen LogP contribution in [0.15, 0.2) is 24.3 Å². The van der Waals surface area contributed by atoms with E-state index in [-0.39, 0.29) is 0 Å². The number of benzene rings is 2. The highest BCUT2D eigenvalue weighted by Crippen LogP contribution is 2.40. The van der Waals surface area contributed by atoms with E-state index in [1.807, 2.05) is 18.2 Å². The van der Waals surface area contributed by atoms with Crippen molar-refractivity contribution in [3.63, 3.8) is 0 Å². The number of alkyl halides is 1. The molecule has 2 aromatic carbocycles. The maximum atomic E-state index is 9.96. The normalized spacial score (nSPS) is 12.4. The summed E-state index contributed by atoms with van der Waals surface area (Å²) in [5.41, 5.74) is 2.26. The molecule has 0 amide bonds. The summed E-state index contributed by atoms with van der Waals surface area (Å²) in [5, 5.41) is 15.1. The molecule has 0 radical (unpaired) electrons. The van der Waals surface area contributed by atoms with E-state index >= 15 is 0 Å². The Morgan fingerprint density at radius 1 is 1.33 bits per heavy atom. The van der Waals surface area contributed by atoms with Crippen LogP contribution in [0.25, 0.3) is 10.8 Å². The van der Waals surface area contributed by atoms with Crippen LogP contribution in [-0.4, -0.2) is 25.1 Å². The number of hydrogen-bond acceptors (Lipinski definition) is 3. The van der Waals surface area contributed by atoms with Crippen LogP contribution in [0, 0.1) is 0 Å². The first-order valence-electron chi connectivity index (χ1n) is 5.74. The fourth-order valence-corrected chi connectivity index (χ4v) is 2.40. The van der Waals surface area contributed by atoms with Gasteiger partial charge in [-0.15, -0.1) is 11.6 Å². The van der Waals surface area contributed by atoms with Crippen molar-refractivity contribution in [2.24, 2.45) is 0 Å². The van der Waals surface area contributed by atoms with Gasteiger partial charge in [0, 0.05) is 35.5 Å². The highest BCUT2D eigenvalue weighted by atomic mass is 35.5. The summed E-state index contributed by atoms with van der Waals surface area (Å²) >= 11 is 4.64. The third kappa shape index (κ3) is 1.95. The van der Waals surface area contributed by atoms with Crippen LogP contribution in [0.4, 0.5) is 5.69 Å². The van der Waals surface area contributed by atoms with Crippen molar-refractivity contribution >= 4 is 28.1 Å². The van der Waals surface area contributed by atoms with Crippen molar-refractivity contribution in [2.45, 2.75) is 6.42 Å². The van der Waals surface area contributed by atoms with Gasteiger partial charge in [0.1, 0.15) is 11.5 Å². The van der Waals surface area contributed by atoms with Crippen molar-refractivity contribution in [2.75, 3.05) is 25.4 Å². The Kier molecular flexibility index (Phi) is 3.82. The number of anilines is 1. The van der Waals surface area contributed by atoms with Gasteiger partial charge >= 0.3 is 0 Å². The second kappa shape index (κ2) is 5.36. The zero-order valence-corrected chi connectivity index (χ0v) is 11.2. The first-order valence-corrected chi connectivity index (χ1v) is 6.50. The molecule has 1 heterocycles. The Morgan fingerprint density at radius 2 is 2.11 bits per heavy atom. The van der Waals surface area contributed by atoms with Gasteiger partial charge in [-0.3, -0.25) is 0 Å². The van der Waals surface area contributed by atoms with E-state index in [2.05, 4.69) is 16.9 Å². The van der Waals surface area contributed by atoms with Crippen molar-refractivity contribution in [1.29, 1.82) is 0 Å². The molecule has 2 N–H and O–H groups in total. The van der Waals surface area contributed by atoms with Gasteiger partial charge in [0.25, 0.3) is 0 Å². The fraction of sp³-hybridized carbons (Fsp3) is 0.286. The molecule has 0 aromatic heterocycles. The molecule has 1 aliphatic rings. The zero-order valence-electron chi connectivity index (χ0n) is 10.5. The average molecular weight is 266 g/mol. The van der Waals surface area contributed by atoms with Gasteiger partial charge in [-0.1, -0.05) is 12.1 Å². The topological polar surface area (TPSA) is 41.5 Å². The van der Waals surface area contributed by atoms with Gasteiger partial charge < -0.3 is 15.2 Å². The molecule has 1 aliphatic heterocycles. The van der Waals surface area contributed by atoms with Gasteiger partial charge in [0.05, 0.1) is 7.11 Å². The van der Waals surface area contributed by atoms with Crippen LogP contribution in [-0.2, 0) is 6.42 Å². The number of nitrogens with one attached hydrogen (secondary N) is 1. The fourth-order valence-electron chi connectivity index (χ4n) is 2.40. The molecule has 18 heavy (non-hydrogen) atoms. The molecule has 96 valence electrons. The monoisotopic (exact) mass is 265 g/mol. The highest BCUT2D eigenvalue weighted by molar-refractivity contribution is 6.15. The van der Waals surface area contributed by atoms with Crippen molar-refractivity contribution < 1.29 is 9.84 Å². The summed E-state index contributed by atoms with van der Waals surface area (Å²) in [6.45, 7) is 0.923. The number of methoxy groups -OCH3 is 1. The standard InChI is InChI=1S/C13H13NO2.CH3Cl/c1-16-12-4-2-3-9-11(15)7-10-8(13(9)12)5-6-14-10;1-2/h2-4,7,14-15H,5-6H2,1H3;1H3. The Hall–Kier alpha value is -1.61. The quantitative estimate of drug-likeness (QED) is 0.777. The summed E-state index contributed by atoms with van der Waals surface area (Å²) in [6, 6.07) is 7.55. The summed E-state index contributed by atoms with van der Waals surface area (Å²) in [5.74, 6) is 1.13. The molecule has 2 aromatic rings. The minimum absolute atomic E-state index is 0.307. The molecule has 0 fully saturated rings. The lowest BCUT2D eigenvalue weighted by atomic mass is 10.0. The average Bonchev–Trinajstić information content (AvgIpc) is 2.88. The molecule has 0 spiro atoms. The number of hydrogen-bond donors (Lipinski definition) is 2. The van der Waals surface area contributed by atoms with Crippen molar-refractivity contribution in [3.05, 3.63) is 29.8 Å². The maximum absolute atomic E-state index is 9.96. The number of rotatable bonds is 1. The Bertz CT molecular complexity index is 569. The van der Waals surface area contributed by atoms with E-state index in [0.29, 0.717) is 5.75 Å². The first-order chi connectivity index (χ1) is 8.81. The van der Waals surface area contributed by atoms with E-state index in [0.717, 1.165) is 35.2 Å². The lowest BCUT2D eigenvalue weighted by Crippen LogP contribution is -1.90. The SMILES string of the molecule is CCl.COc1cccc2c(O)cc3c(c12)CCN3. The van der Waals surface area contributed by atoms with Crippen LogP contribution < -0.4 is 10.1 Å². The molecular formula is C14H16ClNO2. The third-order valence-electron chi connectivity index (χ3n) is 3.12. The molecule has 0 saturated carbocycles. The van der Waals surface area contributed by atoms with Crippen LogP contribution >= 0.6 is 11.6 Å². The number of halogens is 1. The van der Waals surface area contributed by atoms with Gasteiger partial charge in [-0.25, -0.2) is 0 Å². The van der Waals surface area contributed by atoms with Gasteiger partial charge in [0.2, 0.25) is 0 Å². The molecule has 4 heteroatoms. The Morgan fingerprint density at radius 3 is 2.83 bits per heavy atom. The largest absolute Gasteiger partial charge is 0.507 e. The van der Waals surface area contributed by atoms with Gasteiger partial charge in [-0.2, -0.15) is 0 Å². The lowest BCUT2D eigenvalue weighted by Gasteiger charge is -2.11. The van der Waals surface area contributed by atoms with E-state index in [1.54, 1.807) is 13.2 Å². The van der Waals surface area contributed by atoms with E-state index in [1.165, 1.54) is 11.9 Å². The second-order valence-corrected chi connectivity index (χ2v) is 3.98. The van der Waals surface area contributed by atoms with Crippen molar-refractivity contribution in [1.82, 2.24) is 0 Å². The predicted molar refractivity (Wildman–Crippen MR) is 76.1 cm³/mol.